The first-order valence-electron chi connectivity index (χ1n) is 8.39. The Labute approximate surface area is 137 Å². The van der Waals surface area contributed by atoms with Crippen molar-refractivity contribution in [2.24, 2.45) is 5.92 Å². The zero-order valence-corrected chi connectivity index (χ0v) is 13.7. The molecule has 23 heavy (non-hydrogen) atoms. The minimum Gasteiger partial charge on any atom is -0.379 e. The number of morpholine rings is 1. The van der Waals surface area contributed by atoms with Gasteiger partial charge in [0, 0.05) is 44.4 Å². The van der Waals surface area contributed by atoms with Crippen molar-refractivity contribution in [3.63, 3.8) is 0 Å². The number of hydrogen-bond donors (Lipinski definition) is 0. The van der Waals surface area contributed by atoms with Crippen LogP contribution in [0, 0.1) is 23.0 Å². The molecule has 1 atom stereocenters. The molecule has 1 aromatic carbocycles. The maximum Gasteiger partial charge on any atom is 0.272 e. The number of nitro benzene ring substituents is 1. The normalized spacial score (nSPS) is 23.3. The standard InChI is InChI=1S/C17H25N3O3/c1-14-16(3-2-4-17(14)20(21)22)13-19-6-5-15(12-19)11-18-7-9-23-10-8-18/h2-4,15H,5-13H2,1H3. The van der Waals surface area contributed by atoms with E-state index in [2.05, 4.69) is 9.80 Å². The number of nitro groups is 1. The Bertz CT molecular complexity index is 558. The Morgan fingerprint density at radius 1 is 1.26 bits per heavy atom. The highest BCUT2D eigenvalue weighted by Gasteiger charge is 2.26. The van der Waals surface area contributed by atoms with Crippen LogP contribution in [0.1, 0.15) is 17.5 Å². The van der Waals surface area contributed by atoms with E-state index >= 15 is 0 Å². The number of hydrogen-bond acceptors (Lipinski definition) is 5. The molecular weight excluding hydrogens is 294 g/mol. The van der Waals surface area contributed by atoms with Gasteiger partial charge in [0.2, 0.25) is 0 Å². The fourth-order valence-electron chi connectivity index (χ4n) is 3.63. The Morgan fingerprint density at radius 2 is 2.04 bits per heavy atom. The molecule has 2 heterocycles. The highest BCUT2D eigenvalue weighted by atomic mass is 16.6. The van der Waals surface area contributed by atoms with Crippen molar-refractivity contribution in [1.29, 1.82) is 0 Å². The number of rotatable bonds is 5. The summed E-state index contributed by atoms with van der Waals surface area (Å²) in [6, 6.07) is 5.39. The van der Waals surface area contributed by atoms with Gasteiger partial charge in [-0.05, 0) is 31.4 Å². The summed E-state index contributed by atoms with van der Waals surface area (Å²) in [6.07, 6.45) is 1.21. The van der Waals surface area contributed by atoms with Crippen LogP contribution in [-0.2, 0) is 11.3 Å². The monoisotopic (exact) mass is 319 g/mol. The molecular formula is C17H25N3O3. The summed E-state index contributed by atoms with van der Waals surface area (Å²) >= 11 is 0. The Morgan fingerprint density at radius 3 is 2.78 bits per heavy atom. The lowest BCUT2D eigenvalue weighted by atomic mass is 10.1. The topological polar surface area (TPSA) is 58.8 Å². The summed E-state index contributed by atoms with van der Waals surface area (Å²) in [5.74, 6) is 0.701. The Balaban J connectivity index is 1.55. The van der Waals surface area contributed by atoms with Gasteiger partial charge in [0.05, 0.1) is 18.1 Å². The first kappa shape index (κ1) is 16.4. The lowest BCUT2D eigenvalue weighted by molar-refractivity contribution is -0.385. The van der Waals surface area contributed by atoms with E-state index < -0.39 is 0 Å². The second-order valence-corrected chi connectivity index (χ2v) is 6.62. The van der Waals surface area contributed by atoms with Crippen LogP contribution in [-0.4, -0.2) is 60.7 Å². The molecule has 3 rings (SSSR count). The first-order valence-corrected chi connectivity index (χ1v) is 8.39. The second-order valence-electron chi connectivity index (χ2n) is 6.62. The molecule has 0 radical (unpaired) electrons. The third kappa shape index (κ3) is 4.07. The lowest BCUT2D eigenvalue weighted by Gasteiger charge is -2.29. The molecule has 2 aliphatic rings. The summed E-state index contributed by atoms with van der Waals surface area (Å²) in [4.78, 5) is 15.7. The van der Waals surface area contributed by atoms with Crippen molar-refractivity contribution in [1.82, 2.24) is 9.80 Å². The van der Waals surface area contributed by atoms with Gasteiger partial charge in [-0.3, -0.25) is 19.9 Å². The van der Waals surface area contributed by atoms with Crippen molar-refractivity contribution in [3.8, 4) is 0 Å². The molecule has 0 spiro atoms. The smallest absolute Gasteiger partial charge is 0.272 e. The van der Waals surface area contributed by atoms with Crippen molar-refractivity contribution < 1.29 is 9.66 Å². The number of benzene rings is 1. The zero-order chi connectivity index (χ0) is 16.2. The predicted molar refractivity (Wildman–Crippen MR) is 88.5 cm³/mol. The molecule has 0 N–H and O–H groups in total. The van der Waals surface area contributed by atoms with Gasteiger partial charge in [0.1, 0.15) is 0 Å². The molecule has 2 aliphatic heterocycles. The number of ether oxygens (including phenoxy) is 1. The zero-order valence-electron chi connectivity index (χ0n) is 13.7. The van der Waals surface area contributed by atoms with Crippen LogP contribution < -0.4 is 0 Å². The molecule has 6 heteroatoms. The maximum absolute atomic E-state index is 11.1. The highest BCUT2D eigenvalue weighted by molar-refractivity contribution is 5.44. The van der Waals surface area contributed by atoms with Crippen LogP contribution in [0.2, 0.25) is 0 Å². The van der Waals surface area contributed by atoms with Crippen LogP contribution in [0.3, 0.4) is 0 Å². The molecule has 0 amide bonds. The van der Waals surface area contributed by atoms with E-state index in [4.69, 9.17) is 4.74 Å². The van der Waals surface area contributed by atoms with Crippen LogP contribution >= 0.6 is 0 Å². The molecule has 1 unspecified atom stereocenters. The number of nitrogens with zero attached hydrogens (tertiary/aromatic N) is 3. The lowest BCUT2D eigenvalue weighted by Crippen LogP contribution is -2.39. The SMILES string of the molecule is Cc1c(CN2CCC(CN3CCOCC3)C2)cccc1[N+](=O)[O-]. The largest absolute Gasteiger partial charge is 0.379 e. The van der Waals surface area contributed by atoms with E-state index in [0.717, 1.165) is 63.6 Å². The molecule has 1 aromatic rings. The van der Waals surface area contributed by atoms with E-state index in [9.17, 15) is 10.1 Å². The van der Waals surface area contributed by atoms with E-state index in [1.165, 1.54) is 6.42 Å². The molecule has 0 aliphatic carbocycles. The minimum absolute atomic E-state index is 0.228. The van der Waals surface area contributed by atoms with Crippen molar-refractivity contribution in [3.05, 3.63) is 39.4 Å². The summed E-state index contributed by atoms with van der Waals surface area (Å²) in [5.41, 5.74) is 2.10. The number of likely N-dealkylation sites (tertiary alicyclic amines) is 1. The summed E-state index contributed by atoms with van der Waals surface area (Å²) in [6.45, 7) is 9.76. The third-order valence-corrected chi connectivity index (χ3v) is 5.00. The van der Waals surface area contributed by atoms with Crippen LogP contribution in [0.4, 0.5) is 5.69 Å². The fraction of sp³-hybridized carbons (Fsp3) is 0.647. The Kier molecular flexibility index (Phi) is 5.25. The fourth-order valence-corrected chi connectivity index (χ4v) is 3.63. The van der Waals surface area contributed by atoms with Crippen LogP contribution in [0.15, 0.2) is 18.2 Å². The first-order chi connectivity index (χ1) is 11.1. The summed E-state index contributed by atoms with van der Waals surface area (Å²) in [5, 5.41) is 11.1. The molecule has 0 saturated carbocycles. The highest BCUT2D eigenvalue weighted by Crippen LogP contribution is 2.25. The maximum atomic E-state index is 11.1. The van der Waals surface area contributed by atoms with Crippen molar-refractivity contribution >= 4 is 5.69 Å². The minimum atomic E-state index is -0.288. The average molecular weight is 319 g/mol. The van der Waals surface area contributed by atoms with E-state index in [1.54, 1.807) is 12.1 Å². The molecule has 126 valence electrons. The van der Waals surface area contributed by atoms with Gasteiger partial charge in [0.25, 0.3) is 5.69 Å². The van der Waals surface area contributed by atoms with E-state index in [0.29, 0.717) is 5.92 Å². The van der Waals surface area contributed by atoms with Gasteiger partial charge in [-0.2, -0.15) is 0 Å². The summed E-state index contributed by atoms with van der Waals surface area (Å²) < 4.78 is 5.40. The average Bonchev–Trinajstić information content (AvgIpc) is 2.97. The van der Waals surface area contributed by atoms with Gasteiger partial charge in [0.15, 0.2) is 0 Å². The van der Waals surface area contributed by atoms with Gasteiger partial charge in [-0.1, -0.05) is 12.1 Å². The van der Waals surface area contributed by atoms with Crippen LogP contribution in [0.25, 0.3) is 0 Å². The van der Waals surface area contributed by atoms with Gasteiger partial charge >= 0.3 is 0 Å². The van der Waals surface area contributed by atoms with E-state index in [1.807, 2.05) is 13.0 Å². The predicted octanol–water partition coefficient (Wildman–Crippen LogP) is 2.06. The van der Waals surface area contributed by atoms with Gasteiger partial charge in [-0.15, -0.1) is 0 Å². The second kappa shape index (κ2) is 7.38. The molecule has 2 fully saturated rings. The molecule has 0 bridgehead atoms. The molecule has 2 saturated heterocycles. The van der Waals surface area contributed by atoms with Gasteiger partial charge in [-0.25, -0.2) is 0 Å². The van der Waals surface area contributed by atoms with E-state index in [-0.39, 0.29) is 10.6 Å². The van der Waals surface area contributed by atoms with Crippen molar-refractivity contribution in [2.45, 2.75) is 19.9 Å². The Hall–Kier alpha value is -1.50. The third-order valence-electron chi connectivity index (χ3n) is 5.00. The molecule has 6 nitrogen and oxygen atoms in total. The molecule has 0 aromatic heterocycles. The summed E-state index contributed by atoms with van der Waals surface area (Å²) in [7, 11) is 0. The van der Waals surface area contributed by atoms with Crippen LogP contribution in [0.5, 0.6) is 0 Å². The quantitative estimate of drug-likeness (QED) is 0.614. The van der Waals surface area contributed by atoms with Gasteiger partial charge < -0.3 is 4.74 Å². The van der Waals surface area contributed by atoms with Crippen molar-refractivity contribution in [2.75, 3.05) is 45.9 Å².